The number of primary amides is 1. The van der Waals surface area contributed by atoms with Gasteiger partial charge in [0.25, 0.3) is 0 Å². The smallest absolute Gasteiger partial charge is 0.221 e. The molecule has 1 amide bonds. The minimum Gasteiger partial charge on any atom is -0.369 e. The highest BCUT2D eigenvalue weighted by Crippen LogP contribution is 2.52. The molecule has 1 aliphatic heterocycles. The van der Waals surface area contributed by atoms with Crippen molar-refractivity contribution >= 4 is 5.91 Å². The number of amides is 1. The second-order valence-corrected chi connectivity index (χ2v) is 5.33. The van der Waals surface area contributed by atoms with E-state index in [-0.39, 0.29) is 17.4 Å². The van der Waals surface area contributed by atoms with Crippen LogP contribution in [0.25, 0.3) is 0 Å². The molecule has 1 saturated heterocycles. The first-order chi connectivity index (χ1) is 5.91. The number of rotatable bonds is 1. The fraction of sp³-hybridized carbons (Fsp3) is 0.900. The molecule has 0 aromatic rings. The molecule has 1 unspecified atom stereocenters. The predicted octanol–water partition coefficient (Wildman–Crippen LogP) is 0.448. The third kappa shape index (κ3) is 1.35. The van der Waals surface area contributed by atoms with Crippen LogP contribution >= 0.6 is 0 Å². The van der Waals surface area contributed by atoms with Gasteiger partial charge in [0.2, 0.25) is 5.91 Å². The summed E-state index contributed by atoms with van der Waals surface area (Å²) in [5, 5.41) is 0. The van der Waals surface area contributed by atoms with Crippen molar-refractivity contribution in [3.63, 3.8) is 0 Å². The number of piperidine rings is 1. The van der Waals surface area contributed by atoms with Crippen LogP contribution in [-0.2, 0) is 4.79 Å². The van der Waals surface area contributed by atoms with Crippen molar-refractivity contribution in [2.24, 2.45) is 23.5 Å². The Balaban J connectivity index is 1.94. The van der Waals surface area contributed by atoms with Gasteiger partial charge in [0, 0.05) is 24.5 Å². The van der Waals surface area contributed by atoms with E-state index in [0.29, 0.717) is 11.8 Å². The summed E-state index contributed by atoms with van der Waals surface area (Å²) in [6.07, 6.45) is 0. The van der Waals surface area contributed by atoms with Gasteiger partial charge in [0.05, 0.1) is 0 Å². The Morgan fingerprint density at radius 2 is 1.77 bits per heavy atom. The lowest BCUT2D eigenvalue weighted by Gasteiger charge is -2.33. The Hall–Kier alpha value is -0.570. The molecule has 0 aromatic carbocycles. The van der Waals surface area contributed by atoms with Crippen molar-refractivity contribution in [3.8, 4) is 0 Å². The Morgan fingerprint density at radius 3 is 2.08 bits per heavy atom. The van der Waals surface area contributed by atoms with E-state index in [1.54, 1.807) is 0 Å². The summed E-state index contributed by atoms with van der Waals surface area (Å²) >= 11 is 0. The number of likely N-dealkylation sites (tertiary alicyclic amines) is 1. The summed E-state index contributed by atoms with van der Waals surface area (Å²) in [5.74, 6) is 1.23. The van der Waals surface area contributed by atoms with Crippen molar-refractivity contribution in [1.82, 2.24) is 4.90 Å². The first kappa shape index (κ1) is 9.00. The number of carbonyl (C=O) groups excluding carboxylic acids is 1. The van der Waals surface area contributed by atoms with Crippen molar-refractivity contribution in [2.75, 3.05) is 13.1 Å². The fourth-order valence-electron chi connectivity index (χ4n) is 2.50. The number of nitrogens with two attached hydrogens (primary N) is 1. The third-order valence-corrected chi connectivity index (χ3v) is 3.47. The van der Waals surface area contributed by atoms with Crippen LogP contribution in [0.15, 0.2) is 0 Å². The van der Waals surface area contributed by atoms with E-state index in [4.69, 9.17) is 5.73 Å². The molecule has 0 aromatic heterocycles. The molecular formula is C10H18N2O. The lowest BCUT2D eigenvalue weighted by Crippen LogP contribution is -2.42. The molecule has 0 spiro atoms. The molecule has 2 aliphatic rings. The molecule has 0 bridgehead atoms. The van der Waals surface area contributed by atoms with Gasteiger partial charge in [-0.1, -0.05) is 0 Å². The lowest BCUT2D eigenvalue weighted by molar-refractivity contribution is -0.120. The summed E-state index contributed by atoms with van der Waals surface area (Å²) < 4.78 is 0. The van der Waals surface area contributed by atoms with Crippen LogP contribution in [-0.4, -0.2) is 29.4 Å². The van der Waals surface area contributed by atoms with Crippen molar-refractivity contribution in [2.45, 2.75) is 26.3 Å². The van der Waals surface area contributed by atoms with Crippen LogP contribution in [0, 0.1) is 17.8 Å². The van der Waals surface area contributed by atoms with Crippen LogP contribution < -0.4 is 5.73 Å². The molecule has 3 nitrogen and oxygen atoms in total. The molecule has 13 heavy (non-hydrogen) atoms. The monoisotopic (exact) mass is 182 g/mol. The summed E-state index contributed by atoms with van der Waals surface area (Å²) in [7, 11) is 0. The van der Waals surface area contributed by atoms with E-state index in [9.17, 15) is 4.79 Å². The summed E-state index contributed by atoms with van der Waals surface area (Å²) in [4.78, 5) is 13.4. The summed E-state index contributed by atoms with van der Waals surface area (Å²) in [5.41, 5.74) is 5.53. The third-order valence-electron chi connectivity index (χ3n) is 3.47. The molecule has 0 radical (unpaired) electrons. The second kappa shape index (κ2) is 2.47. The minimum atomic E-state index is -0.0939. The van der Waals surface area contributed by atoms with E-state index in [0.717, 1.165) is 13.1 Å². The molecule has 74 valence electrons. The highest BCUT2D eigenvalue weighted by molar-refractivity contribution is 5.80. The largest absolute Gasteiger partial charge is 0.369 e. The number of hydrogen-bond donors (Lipinski definition) is 1. The van der Waals surface area contributed by atoms with E-state index in [2.05, 4.69) is 25.7 Å². The highest BCUT2D eigenvalue weighted by Gasteiger charge is 2.59. The van der Waals surface area contributed by atoms with Crippen LogP contribution in [0.4, 0.5) is 0 Å². The van der Waals surface area contributed by atoms with Gasteiger partial charge in [-0.05, 0) is 32.6 Å². The van der Waals surface area contributed by atoms with Gasteiger partial charge >= 0.3 is 0 Å². The Bertz CT molecular complexity index is 232. The van der Waals surface area contributed by atoms with Crippen molar-refractivity contribution < 1.29 is 4.79 Å². The first-order valence-corrected chi connectivity index (χ1v) is 4.95. The quantitative estimate of drug-likeness (QED) is 0.640. The zero-order valence-corrected chi connectivity index (χ0v) is 8.58. The molecule has 1 aliphatic carbocycles. The first-order valence-electron chi connectivity index (χ1n) is 4.95. The van der Waals surface area contributed by atoms with Gasteiger partial charge in [0.1, 0.15) is 0 Å². The van der Waals surface area contributed by atoms with Gasteiger partial charge in [-0.2, -0.15) is 0 Å². The number of carbonyl (C=O) groups is 1. The van der Waals surface area contributed by atoms with E-state index < -0.39 is 0 Å². The highest BCUT2D eigenvalue weighted by atomic mass is 16.1. The van der Waals surface area contributed by atoms with Crippen molar-refractivity contribution in [1.29, 1.82) is 0 Å². The number of fused-ring (bicyclic) bond motifs is 1. The van der Waals surface area contributed by atoms with Gasteiger partial charge in [-0.3, -0.25) is 9.69 Å². The maximum atomic E-state index is 10.9. The van der Waals surface area contributed by atoms with E-state index in [1.165, 1.54) is 0 Å². The van der Waals surface area contributed by atoms with Gasteiger partial charge in [-0.25, -0.2) is 0 Å². The van der Waals surface area contributed by atoms with Crippen LogP contribution in [0.1, 0.15) is 20.8 Å². The SMILES string of the molecule is CC(C)(C)N1C[C@@H]2C(C(N)=O)[C@@H]2C1. The molecule has 1 saturated carbocycles. The molecule has 2 rings (SSSR count). The zero-order valence-electron chi connectivity index (χ0n) is 8.58. The van der Waals surface area contributed by atoms with Crippen LogP contribution in [0.5, 0.6) is 0 Å². The van der Waals surface area contributed by atoms with Crippen molar-refractivity contribution in [3.05, 3.63) is 0 Å². The molecule has 1 heterocycles. The predicted molar refractivity (Wildman–Crippen MR) is 51.0 cm³/mol. The molecule has 3 atom stereocenters. The molecule has 3 heteroatoms. The fourth-order valence-corrected chi connectivity index (χ4v) is 2.50. The second-order valence-electron chi connectivity index (χ2n) is 5.33. The van der Waals surface area contributed by atoms with Crippen LogP contribution in [0.2, 0.25) is 0 Å². The zero-order chi connectivity index (χ0) is 9.80. The van der Waals surface area contributed by atoms with E-state index in [1.807, 2.05) is 0 Å². The maximum Gasteiger partial charge on any atom is 0.221 e. The van der Waals surface area contributed by atoms with Gasteiger partial charge in [-0.15, -0.1) is 0 Å². The Morgan fingerprint density at radius 1 is 1.31 bits per heavy atom. The molecule has 2 fully saturated rings. The topological polar surface area (TPSA) is 46.3 Å². The average Bonchev–Trinajstić information content (AvgIpc) is 2.46. The Labute approximate surface area is 79.3 Å². The molecular weight excluding hydrogens is 164 g/mol. The minimum absolute atomic E-state index is 0.0939. The van der Waals surface area contributed by atoms with Crippen LogP contribution in [0.3, 0.4) is 0 Å². The number of hydrogen-bond acceptors (Lipinski definition) is 2. The number of nitrogens with zero attached hydrogens (tertiary/aromatic N) is 1. The Kier molecular flexibility index (Phi) is 1.71. The maximum absolute atomic E-state index is 10.9. The van der Waals surface area contributed by atoms with Gasteiger partial charge in [0.15, 0.2) is 0 Å². The average molecular weight is 182 g/mol. The molecule has 2 N–H and O–H groups in total. The standard InChI is InChI=1S/C10H18N2O/c1-10(2,3)12-4-6-7(5-12)8(6)9(11)13/h6-8H,4-5H2,1-3H3,(H2,11,13)/t6-,7+,8?. The summed E-state index contributed by atoms with van der Waals surface area (Å²) in [6, 6.07) is 0. The lowest BCUT2D eigenvalue weighted by atomic mass is 10.1. The van der Waals surface area contributed by atoms with Gasteiger partial charge < -0.3 is 5.73 Å². The van der Waals surface area contributed by atoms with E-state index >= 15 is 0 Å². The normalized spacial score (nSPS) is 38.8. The summed E-state index contributed by atoms with van der Waals surface area (Å²) in [6.45, 7) is 8.77.